The van der Waals surface area contributed by atoms with Crippen molar-refractivity contribution in [2.45, 2.75) is 70.4 Å². The molecule has 3 heterocycles. The Labute approximate surface area is 156 Å². The molecule has 1 amide bonds. The van der Waals surface area contributed by atoms with Gasteiger partial charge in [0.1, 0.15) is 5.69 Å². The topological polar surface area (TPSA) is 61.4 Å². The highest BCUT2D eigenvalue weighted by Gasteiger charge is 2.42. The molecule has 2 aliphatic heterocycles. The highest BCUT2D eigenvalue weighted by atomic mass is 16.2. The van der Waals surface area contributed by atoms with Crippen molar-refractivity contribution in [1.29, 1.82) is 0 Å². The second kappa shape index (κ2) is 6.19. The van der Waals surface area contributed by atoms with Crippen LogP contribution in [-0.2, 0) is 5.41 Å². The van der Waals surface area contributed by atoms with Crippen LogP contribution in [0.1, 0.15) is 69.6 Å². The standard InChI is InChI=1S/C20H31N5O/c1-19(2)13-24(14-7-5-6-8-14)17-16(19)23-15(11-22-17)18(26)25-10-9-21-12-20(25,3)4/h11,14,21H,5-10,12-13H2,1-4H3. The van der Waals surface area contributed by atoms with Gasteiger partial charge < -0.3 is 15.1 Å². The second-order valence-corrected chi connectivity index (χ2v) is 9.32. The summed E-state index contributed by atoms with van der Waals surface area (Å²) in [6.07, 6.45) is 6.79. The van der Waals surface area contributed by atoms with Crippen LogP contribution in [0.3, 0.4) is 0 Å². The zero-order chi connectivity index (χ0) is 18.5. The van der Waals surface area contributed by atoms with Crippen LogP contribution in [0.5, 0.6) is 0 Å². The van der Waals surface area contributed by atoms with E-state index in [1.807, 2.05) is 4.90 Å². The molecular formula is C20H31N5O. The minimum absolute atomic E-state index is 0.00177. The zero-order valence-electron chi connectivity index (χ0n) is 16.5. The number of aromatic nitrogens is 2. The number of fused-ring (bicyclic) bond motifs is 1. The number of piperazine rings is 1. The molecule has 3 aliphatic rings. The molecule has 26 heavy (non-hydrogen) atoms. The van der Waals surface area contributed by atoms with Crippen LogP contribution in [0.2, 0.25) is 0 Å². The van der Waals surface area contributed by atoms with Crippen LogP contribution in [-0.4, -0.2) is 58.5 Å². The number of nitrogens with one attached hydrogen (secondary N) is 1. The summed E-state index contributed by atoms with van der Waals surface area (Å²) in [7, 11) is 0. The van der Waals surface area contributed by atoms with Crippen molar-refractivity contribution in [3.8, 4) is 0 Å². The highest BCUT2D eigenvalue weighted by molar-refractivity contribution is 5.93. The van der Waals surface area contributed by atoms with Gasteiger partial charge in [-0.2, -0.15) is 0 Å². The molecule has 1 saturated carbocycles. The third-order valence-electron chi connectivity index (χ3n) is 6.26. The Morgan fingerprint density at radius 3 is 2.65 bits per heavy atom. The number of amides is 1. The van der Waals surface area contributed by atoms with E-state index >= 15 is 0 Å². The summed E-state index contributed by atoms with van der Waals surface area (Å²) in [6, 6.07) is 0.582. The van der Waals surface area contributed by atoms with Crippen molar-refractivity contribution >= 4 is 11.7 Å². The Kier molecular flexibility index (Phi) is 4.21. The summed E-state index contributed by atoms with van der Waals surface area (Å²) in [6.45, 7) is 11.9. The van der Waals surface area contributed by atoms with E-state index in [2.05, 4.69) is 37.9 Å². The minimum atomic E-state index is -0.207. The molecule has 1 saturated heterocycles. The molecule has 6 nitrogen and oxygen atoms in total. The molecule has 0 atom stereocenters. The van der Waals surface area contributed by atoms with Gasteiger partial charge in [0.05, 0.1) is 17.4 Å². The molecule has 0 aromatic carbocycles. The molecule has 1 aromatic heterocycles. The van der Waals surface area contributed by atoms with Gasteiger partial charge in [-0.1, -0.05) is 26.7 Å². The zero-order valence-corrected chi connectivity index (χ0v) is 16.5. The van der Waals surface area contributed by atoms with Gasteiger partial charge in [-0.3, -0.25) is 4.79 Å². The molecule has 4 rings (SSSR count). The van der Waals surface area contributed by atoms with Crippen molar-refractivity contribution in [2.75, 3.05) is 31.1 Å². The van der Waals surface area contributed by atoms with Crippen molar-refractivity contribution in [1.82, 2.24) is 20.2 Å². The number of rotatable bonds is 2. The van der Waals surface area contributed by atoms with E-state index in [0.717, 1.165) is 31.1 Å². The van der Waals surface area contributed by atoms with Crippen LogP contribution in [0.15, 0.2) is 6.20 Å². The lowest BCUT2D eigenvalue weighted by Crippen LogP contribution is -2.60. The van der Waals surface area contributed by atoms with E-state index < -0.39 is 0 Å². The van der Waals surface area contributed by atoms with Gasteiger partial charge in [-0.25, -0.2) is 9.97 Å². The first-order valence-corrected chi connectivity index (χ1v) is 9.96. The lowest BCUT2D eigenvalue weighted by molar-refractivity contribution is 0.0470. The van der Waals surface area contributed by atoms with Crippen LogP contribution < -0.4 is 10.2 Å². The maximum Gasteiger partial charge on any atom is 0.274 e. The minimum Gasteiger partial charge on any atom is -0.351 e. The summed E-state index contributed by atoms with van der Waals surface area (Å²) in [5.74, 6) is 1.000. The van der Waals surface area contributed by atoms with Crippen LogP contribution in [0, 0.1) is 0 Å². The molecule has 1 N–H and O–H groups in total. The third-order valence-corrected chi connectivity index (χ3v) is 6.26. The number of carbonyl (C=O) groups excluding carboxylic acids is 1. The van der Waals surface area contributed by atoms with E-state index in [1.165, 1.54) is 25.7 Å². The fourth-order valence-corrected chi connectivity index (χ4v) is 4.74. The molecule has 6 heteroatoms. The average Bonchev–Trinajstić information content (AvgIpc) is 3.20. The molecule has 1 aromatic rings. The van der Waals surface area contributed by atoms with E-state index in [1.54, 1.807) is 6.20 Å². The molecular weight excluding hydrogens is 326 g/mol. The first-order valence-electron chi connectivity index (χ1n) is 9.96. The maximum atomic E-state index is 13.1. The molecule has 0 radical (unpaired) electrons. The molecule has 1 aliphatic carbocycles. The lowest BCUT2D eigenvalue weighted by Gasteiger charge is -2.42. The molecule has 0 bridgehead atoms. The second-order valence-electron chi connectivity index (χ2n) is 9.32. The van der Waals surface area contributed by atoms with Crippen molar-refractivity contribution in [3.63, 3.8) is 0 Å². The Bertz CT molecular complexity index is 708. The summed E-state index contributed by atoms with van der Waals surface area (Å²) < 4.78 is 0. The van der Waals surface area contributed by atoms with Crippen molar-refractivity contribution in [3.05, 3.63) is 17.6 Å². The summed E-state index contributed by atoms with van der Waals surface area (Å²) in [5, 5.41) is 3.37. The Morgan fingerprint density at radius 1 is 1.23 bits per heavy atom. The monoisotopic (exact) mass is 357 g/mol. The Hall–Kier alpha value is -1.69. The van der Waals surface area contributed by atoms with Gasteiger partial charge in [0.2, 0.25) is 0 Å². The van der Waals surface area contributed by atoms with Gasteiger partial charge in [0.15, 0.2) is 5.82 Å². The predicted octanol–water partition coefficient (Wildman–Crippen LogP) is 2.34. The van der Waals surface area contributed by atoms with E-state index in [9.17, 15) is 4.79 Å². The predicted molar refractivity (Wildman–Crippen MR) is 103 cm³/mol. The van der Waals surface area contributed by atoms with Crippen molar-refractivity contribution < 1.29 is 4.79 Å². The van der Waals surface area contributed by atoms with E-state index in [-0.39, 0.29) is 16.9 Å². The molecule has 142 valence electrons. The van der Waals surface area contributed by atoms with Crippen LogP contribution in [0.4, 0.5) is 5.82 Å². The normalized spacial score (nSPS) is 24.8. The SMILES string of the molecule is CC1(C)CN(C2CCCC2)c2ncc(C(=O)N3CCNCC3(C)C)nc21. The Balaban J connectivity index is 1.65. The molecule has 0 spiro atoms. The number of carbonyl (C=O) groups is 1. The van der Waals surface area contributed by atoms with E-state index in [0.29, 0.717) is 18.3 Å². The molecule has 0 unspecified atom stereocenters. The maximum absolute atomic E-state index is 13.1. The fourth-order valence-electron chi connectivity index (χ4n) is 4.74. The smallest absolute Gasteiger partial charge is 0.274 e. The first kappa shape index (κ1) is 17.7. The van der Waals surface area contributed by atoms with Crippen molar-refractivity contribution in [2.24, 2.45) is 0 Å². The number of hydrogen-bond acceptors (Lipinski definition) is 5. The largest absolute Gasteiger partial charge is 0.351 e. The summed E-state index contributed by atoms with van der Waals surface area (Å²) in [5.41, 5.74) is 1.20. The Morgan fingerprint density at radius 2 is 1.96 bits per heavy atom. The quantitative estimate of drug-likeness (QED) is 0.880. The number of nitrogens with zero attached hydrogens (tertiary/aromatic N) is 4. The average molecular weight is 358 g/mol. The third kappa shape index (κ3) is 2.88. The summed E-state index contributed by atoms with van der Waals surface area (Å²) in [4.78, 5) is 27.1. The fraction of sp³-hybridized carbons (Fsp3) is 0.750. The lowest BCUT2D eigenvalue weighted by atomic mass is 9.91. The first-order chi connectivity index (χ1) is 12.3. The number of anilines is 1. The van der Waals surface area contributed by atoms with Gasteiger partial charge >= 0.3 is 0 Å². The summed E-state index contributed by atoms with van der Waals surface area (Å²) >= 11 is 0. The van der Waals surface area contributed by atoms with Gasteiger partial charge in [0, 0.05) is 37.6 Å². The van der Waals surface area contributed by atoms with Gasteiger partial charge in [-0.15, -0.1) is 0 Å². The van der Waals surface area contributed by atoms with Crippen LogP contribution >= 0.6 is 0 Å². The highest BCUT2D eigenvalue weighted by Crippen LogP contribution is 2.41. The van der Waals surface area contributed by atoms with Gasteiger partial charge in [0.25, 0.3) is 5.91 Å². The number of hydrogen-bond donors (Lipinski definition) is 1. The van der Waals surface area contributed by atoms with Crippen LogP contribution in [0.25, 0.3) is 0 Å². The van der Waals surface area contributed by atoms with E-state index in [4.69, 9.17) is 9.97 Å². The van der Waals surface area contributed by atoms with Gasteiger partial charge in [-0.05, 0) is 26.7 Å². The molecule has 2 fully saturated rings.